The SMILES string of the molecule is COC(=O)C1=COC(OC(=O)NC2CC2)C2C(C)=CCC12. The highest BCUT2D eigenvalue weighted by molar-refractivity contribution is 5.89. The van der Waals surface area contributed by atoms with Crippen LogP contribution in [0.1, 0.15) is 26.2 Å². The zero-order valence-corrected chi connectivity index (χ0v) is 12.1. The largest absolute Gasteiger partial charge is 0.466 e. The third-order valence-electron chi connectivity index (χ3n) is 4.22. The summed E-state index contributed by atoms with van der Waals surface area (Å²) in [5.74, 6) is -0.576. The normalized spacial score (nSPS) is 30.5. The molecule has 0 aromatic heterocycles. The number of ether oxygens (including phenoxy) is 3. The van der Waals surface area contributed by atoms with Crippen LogP contribution in [-0.2, 0) is 19.0 Å². The van der Waals surface area contributed by atoms with Gasteiger partial charge in [0.15, 0.2) is 0 Å². The molecule has 0 saturated heterocycles. The van der Waals surface area contributed by atoms with E-state index in [1.54, 1.807) is 0 Å². The molecule has 6 nitrogen and oxygen atoms in total. The summed E-state index contributed by atoms with van der Waals surface area (Å²) in [5, 5.41) is 2.77. The molecule has 1 saturated carbocycles. The highest BCUT2D eigenvalue weighted by Gasteiger charge is 2.45. The van der Waals surface area contributed by atoms with Crippen LogP contribution >= 0.6 is 0 Å². The van der Waals surface area contributed by atoms with Gasteiger partial charge in [0.2, 0.25) is 0 Å². The van der Waals surface area contributed by atoms with Gasteiger partial charge in [0.25, 0.3) is 6.29 Å². The van der Waals surface area contributed by atoms with Crippen LogP contribution in [0.4, 0.5) is 4.79 Å². The molecule has 0 bridgehead atoms. The molecule has 6 heteroatoms. The summed E-state index contributed by atoms with van der Waals surface area (Å²) in [7, 11) is 1.35. The van der Waals surface area contributed by atoms with Gasteiger partial charge in [0.05, 0.1) is 24.9 Å². The molecule has 0 aromatic rings. The van der Waals surface area contributed by atoms with Crippen molar-refractivity contribution in [2.45, 2.75) is 38.5 Å². The van der Waals surface area contributed by atoms with Crippen LogP contribution in [0, 0.1) is 11.8 Å². The molecule has 0 aromatic carbocycles. The minimum atomic E-state index is -0.694. The fourth-order valence-corrected chi connectivity index (χ4v) is 2.90. The standard InChI is InChI=1S/C15H19NO5/c1-8-3-6-10-11(13(17)19-2)7-20-14(12(8)10)21-15(18)16-9-4-5-9/h3,7,9-10,12,14H,4-6H2,1-2H3,(H,16,18). The third kappa shape index (κ3) is 2.75. The fraction of sp³-hybridized carbons (Fsp3) is 0.600. The van der Waals surface area contributed by atoms with Crippen molar-refractivity contribution in [1.29, 1.82) is 0 Å². The van der Waals surface area contributed by atoms with E-state index in [-0.39, 0.29) is 17.9 Å². The van der Waals surface area contributed by atoms with Crippen molar-refractivity contribution < 1.29 is 23.8 Å². The molecule has 2 aliphatic carbocycles. The van der Waals surface area contributed by atoms with Crippen molar-refractivity contribution in [3.63, 3.8) is 0 Å². The predicted molar refractivity (Wildman–Crippen MR) is 73.0 cm³/mol. The maximum atomic E-state index is 11.8. The van der Waals surface area contributed by atoms with Crippen LogP contribution in [0.3, 0.4) is 0 Å². The minimum absolute atomic E-state index is 0.0510. The maximum absolute atomic E-state index is 11.8. The zero-order chi connectivity index (χ0) is 15.0. The number of fused-ring (bicyclic) bond motifs is 1. The van der Waals surface area contributed by atoms with Crippen molar-refractivity contribution in [2.75, 3.05) is 7.11 Å². The average Bonchev–Trinajstić information content (AvgIpc) is 3.19. The Kier molecular flexibility index (Phi) is 3.61. The van der Waals surface area contributed by atoms with E-state index >= 15 is 0 Å². The predicted octanol–water partition coefficient (Wildman–Crippen LogP) is 1.87. The molecule has 1 fully saturated rings. The van der Waals surface area contributed by atoms with Gasteiger partial charge in [-0.3, -0.25) is 0 Å². The number of esters is 1. The second-order valence-electron chi connectivity index (χ2n) is 5.71. The maximum Gasteiger partial charge on any atom is 0.410 e. The Morgan fingerprint density at radius 3 is 2.81 bits per heavy atom. The van der Waals surface area contributed by atoms with Crippen molar-refractivity contribution in [3.05, 3.63) is 23.5 Å². The number of rotatable bonds is 3. The first kappa shape index (κ1) is 14.0. The van der Waals surface area contributed by atoms with Crippen LogP contribution in [0.2, 0.25) is 0 Å². The Morgan fingerprint density at radius 1 is 1.38 bits per heavy atom. The second-order valence-corrected chi connectivity index (χ2v) is 5.71. The Balaban J connectivity index is 1.72. The van der Waals surface area contributed by atoms with Crippen LogP contribution < -0.4 is 5.32 Å². The van der Waals surface area contributed by atoms with Crippen LogP contribution in [0.15, 0.2) is 23.5 Å². The van der Waals surface area contributed by atoms with Crippen molar-refractivity contribution in [1.82, 2.24) is 5.32 Å². The summed E-state index contributed by atoms with van der Waals surface area (Å²) in [6.45, 7) is 1.96. The van der Waals surface area contributed by atoms with E-state index in [2.05, 4.69) is 11.4 Å². The lowest BCUT2D eigenvalue weighted by molar-refractivity contribution is -0.141. The van der Waals surface area contributed by atoms with Crippen molar-refractivity contribution >= 4 is 12.1 Å². The van der Waals surface area contributed by atoms with E-state index in [9.17, 15) is 9.59 Å². The molecule has 1 aliphatic heterocycles. The highest BCUT2D eigenvalue weighted by atomic mass is 16.7. The molecule has 3 unspecified atom stereocenters. The molecule has 0 radical (unpaired) electrons. The first-order valence-corrected chi connectivity index (χ1v) is 7.17. The van der Waals surface area contributed by atoms with Crippen LogP contribution in [-0.4, -0.2) is 31.5 Å². The number of alkyl carbamates (subject to hydrolysis) is 1. The molecule has 3 atom stereocenters. The quantitative estimate of drug-likeness (QED) is 0.635. The summed E-state index contributed by atoms with van der Waals surface area (Å²) < 4.78 is 15.6. The summed E-state index contributed by atoms with van der Waals surface area (Å²) in [5.41, 5.74) is 1.57. The lowest BCUT2D eigenvalue weighted by atomic mass is 9.84. The van der Waals surface area contributed by atoms with E-state index in [0.717, 1.165) is 24.8 Å². The molecule has 1 heterocycles. The number of methoxy groups -OCH3 is 1. The summed E-state index contributed by atoms with van der Waals surface area (Å²) in [4.78, 5) is 23.6. The number of allylic oxidation sites excluding steroid dienone is 1. The number of hydrogen-bond donors (Lipinski definition) is 1. The lowest BCUT2D eigenvalue weighted by Crippen LogP contribution is -2.40. The van der Waals surface area contributed by atoms with Crippen LogP contribution in [0.25, 0.3) is 0 Å². The molecule has 1 amide bonds. The van der Waals surface area contributed by atoms with Crippen molar-refractivity contribution in [2.24, 2.45) is 11.8 Å². The molecule has 3 aliphatic rings. The van der Waals surface area contributed by atoms with Gasteiger partial charge in [-0.1, -0.05) is 11.6 Å². The van der Waals surface area contributed by atoms with E-state index < -0.39 is 18.4 Å². The lowest BCUT2D eigenvalue weighted by Gasteiger charge is -2.33. The highest BCUT2D eigenvalue weighted by Crippen LogP contribution is 2.43. The molecule has 3 rings (SSSR count). The van der Waals surface area contributed by atoms with E-state index in [1.165, 1.54) is 13.4 Å². The van der Waals surface area contributed by atoms with Gasteiger partial charge in [0.1, 0.15) is 0 Å². The topological polar surface area (TPSA) is 73.9 Å². The first-order chi connectivity index (χ1) is 10.1. The minimum Gasteiger partial charge on any atom is -0.466 e. The Labute approximate surface area is 123 Å². The van der Waals surface area contributed by atoms with Gasteiger partial charge < -0.3 is 19.5 Å². The Bertz CT molecular complexity index is 520. The average molecular weight is 293 g/mol. The molecular weight excluding hydrogens is 274 g/mol. The molecular formula is C15H19NO5. The fourth-order valence-electron chi connectivity index (χ4n) is 2.90. The Hall–Kier alpha value is -1.98. The van der Waals surface area contributed by atoms with Crippen molar-refractivity contribution in [3.8, 4) is 0 Å². The van der Waals surface area contributed by atoms with Gasteiger partial charge >= 0.3 is 12.1 Å². The van der Waals surface area contributed by atoms with Gasteiger partial charge in [0, 0.05) is 12.0 Å². The molecule has 21 heavy (non-hydrogen) atoms. The summed E-state index contributed by atoms with van der Waals surface area (Å²) in [6, 6.07) is 0.235. The van der Waals surface area contributed by atoms with Gasteiger partial charge in [-0.25, -0.2) is 9.59 Å². The first-order valence-electron chi connectivity index (χ1n) is 7.17. The smallest absolute Gasteiger partial charge is 0.410 e. The number of carbonyl (C=O) groups excluding carboxylic acids is 2. The monoisotopic (exact) mass is 293 g/mol. The number of carbonyl (C=O) groups is 2. The number of amides is 1. The van der Waals surface area contributed by atoms with E-state index in [4.69, 9.17) is 14.2 Å². The Morgan fingerprint density at radius 2 is 2.14 bits per heavy atom. The molecule has 1 N–H and O–H groups in total. The van der Waals surface area contributed by atoms with E-state index in [0.29, 0.717) is 5.57 Å². The van der Waals surface area contributed by atoms with Crippen LogP contribution in [0.5, 0.6) is 0 Å². The van der Waals surface area contributed by atoms with Gasteiger partial charge in [-0.2, -0.15) is 0 Å². The second kappa shape index (κ2) is 5.42. The third-order valence-corrected chi connectivity index (χ3v) is 4.22. The van der Waals surface area contributed by atoms with Gasteiger partial charge in [-0.05, 0) is 26.2 Å². The molecule has 114 valence electrons. The van der Waals surface area contributed by atoms with E-state index in [1.807, 2.05) is 6.92 Å². The van der Waals surface area contributed by atoms with Gasteiger partial charge in [-0.15, -0.1) is 0 Å². The zero-order valence-electron chi connectivity index (χ0n) is 12.1. The molecule has 0 spiro atoms. The summed E-state index contributed by atoms with van der Waals surface area (Å²) in [6.07, 6.45) is 4.99. The number of nitrogens with one attached hydrogen (secondary N) is 1. The number of hydrogen-bond acceptors (Lipinski definition) is 5. The summed E-state index contributed by atoms with van der Waals surface area (Å²) >= 11 is 0.